The number of thioether (sulfide) groups is 1. The van der Waals surface area contributed by atoms with Crippen LogP contribution in [-0.4, -0.2) is 4.16 Å². The zero-order valence-electron chi connectivity index (χ0n) is 9.55. The molecular formula is C15H15BrS. The molecule has 2 heteroatoms. The van der Waals surface area contributed by atoms with E-state index < -0.39 is 0 Å². The van der Waals surface area contributed by atoms with Gasteiger partial charge in [-0.05, 0) is 17.5 Å². The van der Waals surface area contributed by atoms with E-state index in [9.17, 15) is 0 Å². The quantitative estimate of drug-likeness (QED) is 0.709. The molecule has 88 valence electrons. The normalized spacial score (nSPS) is 12.3. The summed E-state index contributed by atoms with van der Waals surface area (Å²) in [6.07, 6.45) is 1.07. The van der Waals surface area contributed by atoms with Crippen LogP contribution in [0, 0.1) is 0 Å². The minimum atomic E-state index is 0.477. The van der Waals surface area contributed by atoms with Gasteiger partial charge in [-0.25, -0.2) is 0 Å². The average Bonchev–Trinajstić information content (AvgIpc) is 2.39. The van der Waals surface area contributed by atoms with E-state index >= 15 is 0 Å². The Kier molecular flexibility index (Phi) is 5.14. The third-order valence-corrected chi connectivity index (χ3v) is 4.66. The Labute approximate surface area is 116 Å². The van der Waals surface area contributed by atoms with Crippen LogP contribution in [-0.2, 0) is 12.2 Å². The zero-order valence-corrected chi connectivity index (χ0v) is 12.0. The predicted octanol–water partition coefficient (Wildman–Crippen LogP) is 4.88. The fraction of sp³-hybridized carbons (Fsp3) is 0.200. The van der Waals surface area contributed by atoms with Gasteiger partial charge < -0.3 is 0 Å². The van der Waals surface area contributed by atoms with Gasteiger partial charge in [-0.3, -0.25) is 0 Å². The van der Waals surface area contributed by atoms with Gasteiger partial charge in [0, 0.05) is 5.75 Å². The molecule has 0 saturated carbocycles. The summed E-state index contributed by atoms with van der Waals surface area (Å²) in [6.45, 7) is 0. The van der Waals surface area contributed by atoms with Crippen LogP contribution < -0.4 is 0 Å². The molecule has 0 aromatic heterocycles. The first kappa shape index (κ1) is 12.7. The number of hydrogen-bond acceptors (Lipinski definition) is 1. The van der Waals surface area contributed by atoms with Crippen molar-refractivity contribution in [1.82, 2.24) is 0 Å². The maximum Gasteiger partial charge on any atom is 0.0643 e. The van der Waals surface area contributed by atoms with Crippen molar-refractivity contribution < 1.29 is 0 Å². The Morgan fingerprint density at radius 2 is 1.35 bits per heavy atom. The SMILES string of the molecule is BrC(Cc1ccccc1)SCc1ccccc1. The van der Waals surface area contributed by atoms with Gasteiger partial charge in [-0.2, -0.15) is 0 Å². The van der Waals surface area contributed by atoms with Crippen molar-refractivity contribution in [2.45, 2.75) is 16.3 Å². The number of benzene rings is 2. The molecule has 0 amide bonds. The lowest BCUT2D eigenvalue weighted by atomic mass is 10.2. The van der Waals surface area contributed by atoms with Crippen LogP contribution in [0.15, 0.2) is 60.7 Å². The van der Waals surface area contributed by atoms with Crippen LogP contribution in [0.1, 0.15) is 11.1 Å². The van der Waals surface area contributed by atoms with Crippen LogP contribution >= 0.6 is 27.7 Å². The van der Waals surface area contributed by atoms with E-state index in [4.69, 9.17) is 0 Å². The molecule has 1 atom stereocenters. The molecule has 0 bridgehead atoms. The smallest absolute Gasteiger partial charge is 0.0643 e. The van der Waals surface area contributed by atoms with E-state index in [1.165, 1.54) is 11.1 Å². The first-order valence-electron chi connectivity index (χ1n) is 5.68. The van der Waals surface area contributed by atoms with E-state index in [0.29, 0.717) is 4.16 Å². The van der Waals surface area contributed by atoms with Gasteiger partial charge in [0.15, 0.2) is 0 Å². The lowest BCUT2D eigenvalue weighted by molar-refractivity contribution is 1.12. The maximum atomic E-state index is 3.74. The topological polar surface area (TPSA) is 0 Å². The highest BCUT2D eigenvalue weighted by molar-refractivity contribution is 9.11. The van der Waals surface area contributed by atoms with Crippen molar-refractivity contribution in [3.63, 3.8) is 0 Å². The van der Waals surface area contributed by atoms with Crippen LogP contribution in [0.4, 0.5) is 0 Å². The van der Waals surface area contributed by atoms with E-state index in [1.807, 2.05) is 11.8 Å². The van der Waals surface area contributed by atoms with Crippen molar-refractivity contribution in [2.24, 2.45) is 0 Å². The second-order valence-corrected chi connectivity index (χ2v) is 6.80. The summed E-state index contributed by atoms with van der Waals surface area (Å²) in [5.74, 6) is 1.06. The number of alkyl halides is 1. The van der Waals surface area contributed by atoms with E-state index in [2.05, 4.69) is 76.6 Å². The van der Waals surface area contributed by atoms with Gasteiger partial charge in [0.05, 0.1) is 4.16 Å². The van der Waals surface area contributed by atoms with E-state index in [0.717, 1.165) is 12.2 Å². The summed E-state index contributed by atoms with van der Waals surface area (Å²) < 4.78 is 0.477. The molecule has 0 aliphatic rings. The lowest BCUT2D eigenvalue weighted by Gasteiger charge is -2.09. The molecule has 0 aliphatic heterocycles. The zero-order chi connectivity index (χ0) is 11.9. The van der Waals surface area contributed by atoms with Crippen LogP contribution in [0.5, 0.6) is 0 Å². The van der Waals surface area contributed by atoms with E-state index in [1.54, 1.807) is 0 Å². The molecule has 0 aliphatic carbocycles. The van der Waals surface area contributed by atoms with Gasteiger partial charge in [0.25, 0.3) is 0 Å². The lowest BCUT2D eigenvalue weighted by Crippen LogP contribution is -1.98. The molecule has 0 fully saturated rings. The molecule has 0 nitrogen and oxygen atoms in total. The summed E-state index contributed by atoms with van der Waals surface area (Å²) in [7, 11) is 0. The minimum Gasteiger partial charge on any atom is -0.142 e. The highest BCUT2D eigenvalue weighted by atomic mass is 79.9. The largest absolute Gasteiger partial charge is 0.142 e. The Balaban J connectivity index is 1.80. The van der Waals surface area contributed by atoms with Crippen LogP contribution in [0.25, 0.3) is 0 Å². The first-order chi connectivity index (χ1) is 8.34. The number of hydrogen-bond donors (Lipinski definition) is 0. The first-order valence-corrected chi connectivity index (χ1v) is 7.64. The third-order valence-electron chi connectivity index (χ3n) is 2.51. The Bertz CT molecular complexity index is 427. The molecule has 0 radical (unpaired) electrons. The predicted molar refractivity (Wildman–Crippen MR) is 80.6 cm³/mol. The van der Waals surface area contributed by atoms with Crippen LogP contribution in [0.3, 0.4) is 0 Å². The molecule has 0 saturated heterocycles. The van der Waals surface area contributed by atoms with Gasteiger partial charge >= 0.3 is 0 Å². The summed E-state index contributed by atoms with van der Waals surface area (Å²) in [5.41, 5.74) is 2.77. The average molecular weight is 307 g/mol. The van der Waals surface area contributed by atoms with Crippen molar-refractivity contribution in [1.29, 1.82) is 0 Å². The molecular weight excluding hydrogens is 292 g/mol. The summed E-state index contributed by atoms with van der Waals surface area (Å²) in [5, 5.41) is 0. The van der Waals surface area contributed by atoms with Crippen molar-refractivity contribution in [3.05, 3.63) is 71.8 Å². The molecule has 2 rings (SSSR count). The van der Waals surface area contributed by atoms with Crippen molar-refractivity contribution in [2.75, 3.05) is 0 Å². The second kappa shape index (κ2) is 6.87. The summed E-state index contributed by atoms with van der Waals surface area (Å²) in [6, 6.07) is 21.2. The fourth-order valence-corrected chi connectivity index (χ4v) is 3.27. The highest BCUT2D eigenvalue weighted by Crippen LogP contribution is 2.25. The summed E-state index contributed by atoms with van der Waals surface area (Å²) >= 11 is 5.68. The third kappa shape index (κ3) is 4.57. The monoisotopic (exact) mass is 306 g/mol. The van der Waals surface area contributed by atoms with Gasteiger partial charge in [-0.1, -0.05) is 76.6 Å². The standard InChI is InChI=1S/C15H15BrS/c16-15(11-13-7-3-1-4-8-13)17-12-14-9-5-2-6-10-14/h1-10,15H,11-12H2. The summed E-state index contributed by atoms with van der Waals surface area (Å²) in [4.78, 5) is 0. The Morgan fingerprint density at radius 3 is 1.94 bits per heavy atom. The highest BCUT2D eigenvalue weighted by Gasteiger charge is 2.05. The second-order valence-electron chi connectivity index (χ2n) is 3.90. The van der Waals surface area contributed by atoms with E-state index in [-0.39, 0.29) is 0 Å². The number of rotatable bonds is 5. The molecule has 1 unspecified atom stereocenters. The molecule has 0 N–H and O–H groups in total. The molecule has 0 spiro atoms. The van der Waals surface area contributed by atoms with Crippen molar-refractivity contribution >= 4 is 27.7 Å². The molecule has 2 aromatic rings. The maximum absolute atomic E-state index is 3.74. The fourth-order valence-electron chi connectivity index (χ4n) is 1.62. The Morgan fingerprint density at radius 1 is 0.824 bits per heavy atom. The molecule has 17 heavy (non-hydrogen) atoms. The van der Waals surface area contributed by atoms with Gasteiger partial charge in [0.1, 0.15) is 0 Å². The van der Waals surface area contributed by atoms with Gasteiger partial charge in [-0.15, -0.1) is 11.8 Å². The minimum absolute atomic E-state index is 0.477. The molecule has 0 heterocycles. The number of halogens is 1. The Hall–Kier alpha value is -0.730. The van der Waals surface area contributed by atoms with Gasteiger partial charge in [0.2, 0.25) is 0 Å². The van der Waals surface area contributed by atoms with Crippen LogP contribution in [0.2, 0.25) is 0 Å². The van der Waals surface area contributed by atoms with Crippen molar-refractivity contribution in [3.8, 4) is 0 Å². The molecule has 2 aromatic carbocycles.